The molecular formula is C16H21NOS. The van der Waals surface area contributed by atoms with E-state index in [2.05, 4.69) is 47.6 Å². The minimum Gasteiger partial charge on any atom is -0.384 e. The maximum absolute atomic E-state index is 8.73. The van der Waals surface area contributed by atoms with Gasteiger partial charge in [-0.15, -0.1) is 0 Å². The zero-order chi connectivity index (χ0) is 13.5. The Morgan fingerprint density at radius 3 is 3.16 bits per heavy atom. The highest BCUT2D eigenvalue weighted by molar-refractivity contribution is 8.00. The van der Waals surface area contributed by atoms with Crippen LogP contribution in [0.25, 0.3) is 0 Å². The van der Waals surface area contributed by atoms with Crippen molar-refractivity contribution >= 4 is 11.8 Å². The normalized spacial score (nSPS) is 19.8. The van der Waals surface area contributed by atoms with Gasteiger partial charge in [0, 0.05) is 36.2 Å². The number of hydrogen-bond acceptors (Lipinski definition) is 3. The largest absolute Gasteiger partial charge is 0.384 e. The first-order chi connectivity index (χ1) is 9.31. The number of nitrogens with zero attached hydrogens (tertiary/aromatic N) is 1. The average Bonchev–Trinajstić information content (AvgIpc) is 2.46. The van der Waals surface area contributed by atoms with Crippen LogP contribution in [-0.4, -0.2) is 40.7 Å². The monoisotopic (exact) mass is 275 g/mol. The van der Waals surface area contributed by atoms with Gasteiger partial charge in [0.05, 0.1) is 0 Å². The Balaban J connectivity index is 1.98. The standard InChI is InChI=1S/C16H21NOS/c1-2-16-13-17(8-10-19-16)12-15-6-3-5-14(11-15)7-4-9-18/h3,5-6,11,16,18H,2,8-10,12-13H2,1H3. The third-order valence-corrected chi connectivity index (χ3v) is 4.70. The van der Waals surface area contributed by atoms with Crippen LogP contribution in [0.5, 0.6) is 0 Å². The van der Waals surface area contributed by atoms with E-state index >= 15 is 0 Å². The summed E-state index contributed by atoms with van der Waals surface area (Å²) < 4.78 is 0. The molecule has 1 atom stereocenters. The molecule has 102 valence electrons. The summed E-state index contributed by atoms with van der Waals surface area (Å²) in [7, 11) is 0. The molecule has 1 aromatic rings. The second-order valence-corrected chi connectivity index (χ2v) is 6.20. The molecule has 3 heteroatoms. The van der Waals surface area contributed by atoms with Crippen molar-refractivity contribution in [3.63, 3.8) is 0 Å². The highest BCUT2D eigenvalue weighted by Crippen LogP contribution is 2.22. The van der Waals surface area contributed by atoms with Crippen LogP contribution in [-0.2, 0) is 6.54 Å². The minimum absolute atomic E-state index is 0.0776. The fourth-order valence-corrected chi connectivity index (χ4v) is 3.57. The second-order valence-electron chi connectivity index (χ2n) is 4.80. The molecule has 1 N–H and O–H groups in total. The molecule has 2 nitrogen and oxygen atoms in total. The molecule has 0 spiro atoms. The Kier molecular flexibility index (Phi) is 5.78. The van der Waals surface area contributed by atoms with E-state index in [1.165, 1.54) is 30.8 Å². The summed E-state index contributed by atoms with van der Waals surface area (Å²) >= 11 is 2.10. The quantitative estimate of drug-likeness (QED) is 0.857. The second kappa shape index (κ2) is 7.59. The van der Waals surface area contributed by atoms with Crippen LogP contribution in [0, 0.1) is 11.8 Å². The Morgan fingerprint density at radius 2 is 2.37 bits per heavy atom. The summed E-state index contributed by atoms with van der Waals surface area (Å²) in [6.45, 7) is 5.56. The molecule has 1 saturated heterocycles. The first-order valence-electron chi connectivity index (χ1n) is 6.84. The van der Waals surface area contributed by atoms with Gasteiger partial charge in [-0.1, -0.05) is 30.9 Å². The molecule has 0 saturated carbocycles. The van der Waals surface area contributed by atoms with Gasteiger partial charge >= 0.3 is 0 Å². The van der Waals surface area contributed by atoms with E-state index in [1.807, 2.05) is 12.1 Å². The van der Waals surface area contributed by atoms with Gasteiger partial charge in [-0.2, -0.15) is 11.8 Å². The third-order valence-electron chi connectivity index (χ3n) is 3.32. The Bertz CT molecular complexity index is 463. The van der Waals surface area contributed by atoms with Crippen molar-refractivity contribution in [2.75, 3.05) is 25.4 Å². The summed E-state index contributed by atoms with van der Waals surface area (Å²) in [4.78, 5) is 2.53. The minimum atomic E-state index is -0.0776. The molecule has 0 radical (unpaired) electrons. The van der Waals surface area contributed by atoms with E-state index in [0.29, 0.717) is 0 Å². The van der Waals surface area contributed by atoms with E-state index in [-0.39, 0.29) is 6.61 Å². The molecule has 2 rings (SSSR count). The van der Waals surface area contributed by atoms with Crippen LogP contribution < -0.4 is 0 Å². The predicted molar refractivity (Wildman–Crippen MR) is 82.2 cm³/mol. The highest BCUT2D eigenvalue weighted by atomic mass is 32.2. The molecule has 1 aliphatic heterocycles. The summed E-state index contributed by atoms with van der Waals surface area (Å²) in [6, 6.07) is 8.33. The van der Waals surface area contributed by atoms with Gasteiger partial charge in [0.25, 0.3) is 0 Å². The van der Waals surface area contributed by atoms with Crippen molar-refractivity contribution in [2.45, 2.75) is 25.1 Å². The lowest BCUT2D eigenvalue weighted by atomic mass is 10.1. The van der Waals surface area contributed by atoms with E-state index in [1.54, 1.807) is 0 Å². The van der Waals surface area contributed by atoms with E-state index < -0.39 is 0 Å². The first kappa shape index (κ1) is 14.5. The molecule has 1 fully saturated rings. The first-order valence-corrected chi connectivity index (χ1v) is 7.89. The molecule has 0 aromatic heterocycles. The Morgan fingerprint density at radius 1 is 1.47 bits per heavy atom. The topological polar surface area (TPSA) is 23.5 Å². The van der Waals surface area contributed by atoms with Crippen LogP contribution in [0.15, 0.2) is 24.3 Å². The van der Waals surface area contributed by atoms with Crippen LogP contribution in [0.2, 0.25) is 0 Å². The van der Waals surface area contributed by atoms with Crippen molar-refractivity contribution in [1.29, 1.82) is 0 Å². The van der Waals surface area contributed by atoms with Crippen LogP contribution in [0.3, 0.4) is 0 Å². The summed E-state index contributed by atoms with van der Waals surface area (Å²) in [5.41, 5.74) is 2.30. The number of rotatable bonds is 3. The predicted octanol–water partition coefficient (Wildman–Crippen LogP) is 2.36. The van der Waals surface area contributed by atoms with Crippen molar-refractivity contribution in [3.8, 4) is 11.8 Å². The number of hydrogen-bond donors (Lipinski definition) is 1. The SMILES string of the molecule is CCC1CN(Cc2cccc(C#CCO)c2)CCS1. The molecule has 1 aliphatic rings. The third kappa shape index (κ3) is 4.58. The smallest absolute Gasteiger partial charge is 0.104 e. The zero-order valence-corrected chi connectivity index (χ0v) is 12.2. The number of aliphatic hydroxyl groups is 1. The molecule has 0 amide bonds. The number of aliphatic hydroxyl groups excluding tert-OH is 1. The summed E-state index contributed by atoms with van der Waals surface area (Å²) in [5, 5.41) is 9.51. The Hall–Kier alpha value is -0.950. The van der Waals surface area contributed by atoms with Gasteiger partial charge in [0.15, 0.2) is 0 Å². The van der Waals surface area contributed by atoms with Crippen molar-refractivity contribution in [2.24, 2.45) is 0 Å². The Labute approximate surface area is 120 Å². The van der Waals surface area contributed by atoms with E-state index in [4.69, 9.17) is 5.11 Å². The van der Waals surface area contributed by atoms with Gasteiger partial charge in [-0.25, -0.2) is 0 Å². The molecule has 1 heterocycles. The number of benzene rings is 1. The zero-order valence-electron chi connectivity index (χ0n) is 11.4. The van der Waals surface area contributed by atoms with Gasteiger partial charge in [0.1, 0.15) is 6.61 Å². The van der Waals surface area contributed by atoms with Crippen molar-refractivity contribution < 1.29 is 5.11 Å². The van der Waals surface area contributed by atoms with Gasteiger partial charge in [-0.3, -0.25) is 4.90 Å². The number of thioether (sulfide) groups is 1. The summed E-state index contributed by atoms with van der Waals surface area (Å²) in [5.74, 6) is 6.91. The lowest BCUT2D eigenvalue weighted by molar-refractivity contribution is 0.273. The molecule has 0 aliphatic carbocycles. The van der Waals surface area contributed by atoms with Gasteiger partial charge < -0.3 is 5.11 Å². The molecule has 1 unspecified atom stereocenters. The van der Waals surface area contributed by atoms with Gasteiger partial charge in [-0.05, 0) is 24.1 Å². The highest BCUT2D eigenvalue weighted by Gasteiger charge is 2.18. The van der Waals surface area contributed by atoms with E-state index in [9.17, 15) is 0 Å². The summed E-state index contributed by atoms with van der Waals surface area (Å²) in [6.07, 6.45) is 1.25. The maximum atomic E-state index is 8.73. The lowest BCUT2D eigenvalue weighted by Gasteiger charge is -2.31. The average molecular weight is 275 g/mol. The lowest BCUT2D eigenvalue weighted by Crippen LogP contribution is -2.37. The molecule has 1 aromatic carbocycles. The molecule has 19 heavy (non-hydrogen) atoms. The van der Waals surface area contributed by atoms with Gasteiger partial charge in [0.2, 0.25) is 0 Å². The van der Waals surface area contributed by atoms with Crippen LogP contribution in [0.1, 0.15) is 24.5 Å². The van der Waals surface area contributed by atoms with Crippen LogP contribution >= 0.6 is 11.8 Å². The van der Waals surface area contributed by atoms with E-state index in [0.717, 1.165) is 17.4 Å². The van der Waals surface area contributed by atoms with Crippen LogP contribution in [0.4, 0.5) is 0 Å². The molecule has 0 bridgehead atoms. The molecular weight excluding hydrogens is 254 g/mol. The fraction of sp³-hybridized carbons (Fsp3) is 0.500. The maximum Gasteiger partial charge on any atom is 0.104 e. The van der Waals surface area contributed by atoms with Crippen molar-refractivity contribution in [1.82, 2.24) is 4.90 Å². The van der Waals surface area contributed by atoms with Crippen molar-refractivity contribution in [3.05, 3.63) is 35.4 Å². The fourth-order valence-electron chi connectivity index (χ4n) is 2.32.